The third-order valence-corrected chi connectivity index (χ3v) is 6.77. The van der Waals surface area contributed by atoms with Crippen molar-refractivity contribution in [2.24, 2.45) is 0 Å². The average molecular weight is 709 g/mol. The Balaban J connectivity index is 1.49. The zero-order valence-corrected chi connectivity index (χ0v) is 23.0. The third kappa shape index (κ3) is 5.54. The normalized spacial score (nSPS) is 14.1. The quantitative estimate of drug-likeness (QED) is 0.162. The number of methoxy groups -OCH3 is 1. The molecule has 3 aromatic rings. The number of nitrogens with zero attached hydrogens (tertiary/aromatic N) is 2. The molecule has 1 fully saturated rings. The lowest BCUT2D eigenvalue weighted by Gasteiger charge is -2.12. The van der Waals surface area contributed by atoms with E-state index in [1.54, 1.807) is 18.2 Å². The zero-order valence-electron chi connectivity index (χ0n) is 18.7. The number of halogens is 2. The second-order valence-corrected chi connectivity index (χ2v) is 9.83. The largest absolute Gasteiger partial charge is 0.487 e. The van der Waals surface area contributed by atoms with Gasteiger partial charge in [0.05, 0.1) is 32.4 Å². The van der Waals surface area contributed by atoms with Crippen molar-refractivity contribution < 1.29 is 28.3 Å². The molecule has 0 aliphatic carbocycles. The summed E-state index contributed by atoms with van der Waals surface area (Å²) in [5.74, 6) is -0.255. The molecule has 1 saturated heterocycles. The summed E-state index contributed by atoms with van der Waals surface area (Å²) in [7, 11) is 1.23. The number of rotatable bonds is 7. The molecular formula is C25H17I2N3O6. The standard InChI is InChI=1S/C25H17I2N3O6/c1-34-24(32)21-7-6-17(36-21)12-30-23(31)20(29-25(30)33)10-14-8-18(26)22(19(27)9-14)35-13-16-5-3-2-4-15(16)11-28/h2-10H,12-13H2,1H3,(H,29,33)/b20-10-. The van der Waals surface area contributed by atoms with Crippen LogP contribution >= 0.6 is 45.2 Å². The molecule has 0 spiro atoms. The van der Waals surface area contributed by atoms with Crippen LogP contribution in [0.15, 0.2) is 58.6 Å². The molecule has 182 valence electrons. The van der Waals surface area contributed by atoms with Crippen molar-refractivity contribution in [1.29, 1.82) is 5.26 Å². The first-order chi connectivity index (χ1) is 17.3. The molecule has 1 N–H and O–H groups in total. The van der Waals surface area contributed by atoms with Gasteiger partial charge in [-0.3, -0.25) is 9.69 Å². The minimum Gasteiger partial charge on any atom is -0.487 e. The monoisotopic (exact) mass is 709 g/mol. The van der Waals surface area contributed by atoms with Gasteiger partial charge in [0.25, 0.3) is 5.91 Å². The molecule has 0 atom stereocenters. The second-order valence-electron chi connectivity index (χ2n) is 7.51. The summed E-state index contributed by atoms with van der Waals surface area (Å²) in [5.41, 5.74) is 2.15. The van der Waals surface area contributed by atoms with Gasteiger partial charge in [-0.1, -0.05) is 18.2 Å². The van der Waals surface area contributed by atoms with E-state index < -0.39 is 17.9 Å². The number of nitriles is 1. The number of benzene rings is 2. The van der Waals surface area contributed by atoms with Crippen LogP contribution in [0, 0.1) is 18.5 Å². The summed E-state index contributed by atoms with van der Waals surface area (Å²) in [5, 5.41) is 11.8. The van der Waals surface area contributed by atoms with Gasteiger partial charge < -0.3 is 19.2 Å². The van der Waals surface area contributed by atoms with E-state index in [0.29, 0.717) is 16.9 Å². The summed E-state index contributed by atoms with van der Waals surface area (Å²) in [4.78, 5) is 37.8. The number of carbonyl (C=O) groups is 3. The number of hydrogen-bond acceptors (Lipinski definition) is 7. The molecule has 0 saturated carbocycles. The number of nitrogens with one attached hydrogen (secondary N) is 1. The molecule has 2 heterocycles. The second kappa shape index (κ2) is 11.1. The SMILES string of the molecule is COC(=O)c1ccc(CN2C(=O)N/C(=C\c3cc(I)c(OCc4ccccc4C#N)c(I)c3)C2=O)o1. The van der Waals surface area contributed by atoms with Crippen LogP contribution in [0.3, 0.4) is 0 Å². The Morgan fingerprint density at radius 3 is 2.58 bits per heavy atom. The topological polar surface area (TPSA) is 122 Å². The summed E-state index contributed by atoms with van der Waals surface area (Å²) in [6, 6.07) is 15.4. The minimum absolute atomic E-state index is 0.0158. The fraction of sp³-hybridized carbons (Fsp3) is 0.120. The van der Waals surface area contributed by atoms with Gasteiger partial charge in [0.2, 0.25) is 5.76 Å². The Morgan fingerprint density at radius 2 is 1.89 bits per heavy atom. The van der Waals surface area contributed by atoms with Gasteiger partial charge in [-0.2, -0.15) is 5.26 Å². The van der Waals surface area contributed by atoms with E-state index in [4.69, 9.17) is 9.15 Å². The van der Waals surface area contributed by atoms with Gasteiger partial charge in [-0.05, 0) is 87.2 Å². The van der Waals surface area contributed by atoms with Gasteiger partial charge in [-0.15, -0.1) is 0 Å². The Bertz CT molecular complexity index is 1420. The number of urea groups is 1. The van der Waals surface area contributed by atoms with Crippen molar-refractivity contribution in [2.45, 2.75) is 13.2 Å². The number of ether oxygens (including phenoxy) is 2. The minimum atomic E-state index is -0.648. The molecule has 0 unspecified atom stereocenters. The number of furan rings is 1. The Kier molecular flexibility index (Phi) is 7.94. The van der Waals surface area contributed by atoms with Crippen molar-refractivity contribution in [3.05, 3.63) is 89.6 Å². The summed E-state index contributed by atoms with van der Waals surface area (Å²) >= 11 is 4.28. The number of imide groups is 1. The number of amides is 3. The van der Waals surface area contributed by atoms with Gasteiger partial charge in [0.1, 0.15) is 23.8 Å². The van der Waals surface area contributed by atoms with Gasteiger partial charge in [-0.25, -0.2) is 9.59 Å². The van der Waals surface area contributed by atoms with Crippen LogP contribution in [-0.4, -0.2) is 29.9 Å². The molecule has 4 rings (SSSR count). The number of carbonyl (C=O) groups excluding carboxylic acids is 3. The maximum Gasteiger partial charge on any atom is 0.373 e. The van der Waals surface area contributed by atoms with Crippen molar-refractivity contribution >= 4 is 69.2 Å². The summed E-state index contributed by atoms with van der Waals surface area (Å²) in [6.07, 6.45) is 1.58. The van der Waals surface area contributed by atoms with Crippen LogP contribution in [0.1, 0.15) is 33.0 Å². The first-order valence-corrected chi connectivity index (χ1v) is 12.6. The molecule has 11 heteroatoms. The van der Waals surface area contributed by atoms with E-state index in [2.05, 4.69) is 61.3 Å². The molecule has 3 amide bonds. The molecule has 36 heavy (non-hydrogen) atoms. The van der Waals surface area contributed by atoms with Gasteiger partial charge in [0, 0.05) is 5.56 Å². The Labute approximate surface area is 233 Å². The fourth-order valence-electron chi connectivity index (χ4n) is 3.42. The van der Waals surface area contributed by atoms with E-state index in [1.165, 1.54) is 19.2 Å². The van der Waals surface area contributed by atoms with E-state index in [9.17, 15) is 19.6 Å². The number of hydrogen-bond donors (Lipinski definition) is 1. The van der Waals surface area contributed by atoms with Gasteiger partial charge in [0.15, 0.2) is 0 Å². The van der Waals surface area contributed by atoms with Crippen molar-refractivity contribution in [2.75, 3.05) is 7.11 Å². The molecule has 2 aromatic carbocycles. The molecule has 1 aliphatic heterocycles. The zero-order chi connectivity index (χ0) is 25.8. The molecule has 1 aromatic heterocycles. The van der Waals surface area contributed by atoms with E-state index in [-0.39, 0.29) is 30.4 Å². The predicted molar refractivity (Wildman–Crippen MR) is 144 cm³/mol. The maximum absolute atomic E-state index is 12.9. The smallest absolute Gasteiger partial charge is 0.373 e. The highest BCUT2D eigenvalue weighted by molar-refractivity contribution is 14.1. The summed E-state index contributed by atoms with van der Waals surface area (Å²) < 4.78 is 17.6. The van der Waals surface area contributed by atoms with Crippen LogP contribution in [0.2, 0.25) is 0 Å². The van der Waals surface area contributed by atoms with Crippen molar-refractivity contribution in [1.82, 2.24) is 10.2 Å². The van der Waals surface area contributed by atoms with Crippen LogP contribution in [0.25, 0.3) is 6.08 Å². The Hall–Kier alpha value is -3.38. The molecular weight excluding hydrogens is 692 g/mol. The molecule has 0 bridgehead atoms. The van der Waals surface area contributed by atoms with Crippen LogP contribution in [-0.2, 0) is 22.7 Å². The highest BCUT2D eigenvalue weighted by Crippen LogP contribution is 2.31. The van der Waals surface area contributed by atoms with Crippen LogP contribution in [0.4, 0.5) is 4.79 Å². The number of esters is 1. The highest BCUT2D eigenvalue weighted by atomic mass is 127. The Morgan fingerprint density at radius 1 is 1.17 bits per heavy atom. The van der Waals surface area contributed by atoms with E-state index in [1.807, 2.05) is 24.3 Å². The first kappa shape index (κ1) is 25.7. The summed E-state index contributed by atoms with van der Waals surface area (Å²) in [6.45, 7) is 0.106. The van der Waals surface area contributed by atoms with E-state index in [0.717, 1.165) is 17.6 Å². The lowest BCUT2D eigenvalue weighted by molar-refractivity contribution is -0.123. The van der Waals surface area contributed by atoms with Gasteiger partial charge >= 0.3 is 12.0 Å². The lowest BCUT2D eigenvalue weighted by Crippen LogP contribution is -2.30. The maximum atomic E-state index is 12.9. The third-order valence-electron chi connectivity index (χ3n) is 5.17. The van der Waals surface area contributed by atoms with Crippen molar-refractivity contribution in [3.8, 4) is 11.8 Å². The lowest BCUT2D eigenvalue weighted by atomic mass is 10.1. The van der Waals surface area contributed by atoms with E-state index >= 15 is 0 Å². The first-order valence-electron chi connectivity index (χ1n) is 10.4. The average Bonchev–Trinajstić information content (AvgIpc) is 3.43. The van der Waals surface area contributed by atoms with Crippen LogP contribution < -0.4 is 10.1 Å². The molecule has 0 radical (unpaired) electrons. The van der Waals surface area contributed by atoms with Crippen LogP contribution in [0.5, 0.6) is 5.75 Å². The highest BCUT2D eigenvalue weighted by Gasteiger charge is 2.34. The van der Waals surface area contributed by atoms with Crippen molar-refractivity contribution in [3.63, 3.8) is 0 Å². The predicted octanol–water partition coefficient (Wildman–Crippen LogP) is 4.82. The molecule has 9 nitrogen and oxygen atoms in total. The fourth-order valence-corrected chi connectivity index (χ4v) is 5.54. The molecule has 1 aliphatic rings.